The number of nitrogens with zero attached hydrogens (tertiary/aromatic N) is 1. The van der Waals surface area contributed by atoms with Gasteiger partial charge in [0.1, 0.15) is 16.4 Å². The molecule has 0 saturated carbocycles. The van der Waals surface area contributed by atoms with Crippen LogP contribution in [0.25, 0.3) is 0 Å². The fraction of sp³-hybridized carbons (Fsp3) is 0.0833. The summed E-state index contributed by atoms with van der Waals surface area (Å²) < 4.78 is 5.47. The molecule has 0 fully saturated rings. The molecule has 150 valence electrons. The number of thioether (sulfide) groups is 1. The molecular weight excluding hydrogens is 396 g/mol. The minimum atomic E-state index is -0.376. The predicted octanol–water partition coefficient (Wildman–Crippen LogP) is 5.07. The van der Waals surface area contributed by atoms with E-state index in [1.165, 1.54) is 16.7 Å². The number of benzene rings is 3. The normalized spacial score (nSPS) is 13.7. The highest BCUT2D eigenvalue weighted by Crippen LogP contribution is 2.37. The van der Waals surface area contributed by atoms with E-state index in [0.29, 0.717) is 22.9 Å². The number of para-hydroxylation sites is 1. The quantitative estimate of drug-likeness (QED) is 0.545. The predicted molar refractivity (Wildman–Crippen MR) is 119 cm³/mol. The van der Waals surface area contributed by atoms with E-state index in [-0.39, 0.29) is 17.5 Å². The molecule has 3 aromatic rings. The van der Waals surface area contributed by atoms with Gasteiger partial charge >= 0.3 is 0 Å². The maximum Gasteiger partial charge on any atom is 0.283 e. The number of ether oxygens (including phenoxy) is 1. The van der Waals surface area contributed by atoms with Gasteiger partial charge in [-0.25, -0.2) is 4.90 Å². The van der Waals surface area contributed by atoms with Crippen molar-refractivity contribution < 1.29 is 14.3 Å². The number of hydrogen-bond donors (Lipinski definition) is 1. The molecule has 0 radical (unpaired) electrons. The molecule has 0 saturated heterocycles. The van der Waals surface area contributed by atoms with Crippen LogP contribution in [-0.4, -0.2) is 18.4 Å². The summed E-state index contributed by atoms with van der Waals surface area (Å²) in [5, 5.41) is 3.15. The van der Waals surface area contributed by atoms with E-state index in [9.17, 15) is 9.59 Å². The lowest BCUT2D eigenvalue weighted by atomic mass is 10.2. The van der Waals surface area contributed by atoms with Crippen LogP contribution in [-0.2, 0) is 9.59 Å². The minimum Gasteiger partial charge on any atom is -0.494 e. The summed E-state index contributed by atoms with van der Waals surface area (Å²) in [7, 11) is 0. The van der Waals surface area contributed by atoms with Crippen molar-refractivity contribution in [2.24, 2.45) is 0 Å². The molecule has 0 bridgehead atoms. The van der Waals surface area contributed by atoms with Gasteiger partial charge in [-0.2, -0.15) is 0 Å². The van der Waals surface area contributed by atoms with Crippen molar-refractivity contribution in [2.45, 2.75) is 11.8 Å². The number of rotatable bonds is 7. The second kappa shape index (κ2) is 8.88. The number of carbonyl (C=O) groups excluding carboxylic acids is 2. The number of imide groups is 1. The summed E-state index contributed by atoms with van der Waals surface area (Å²) in [6.07, 6.45) is 0. The highest BCUT2D eigenvalue weighted by molar-refractivity contribution is 8.04. The van der Waals surface area contributed by atoms with Gasteiger partial charge in [0.2, 0.25) is 0 Å². The summed E-state index contributed by atoms with van der Waals surface area (Å²) in [5.41, 5.74) is 1.51. The summed E-state index contributed by atoms with van der Waals surface area (Å²) in [6, 6.07) is 25.8. The molecule has 4 rings (SSSR count). The molecule has 0 aromatic heterocycles. The van der Waals surface area contributed by atoms with Gasteiger partial charge in [-0.15, -0.1) is 0 Å². The molecule has 1 aliphatic rings. The van der Waals surface area contributed by atoms with Crippen molar-refractivity contribution in [1.82, 2.24) is 0 Å². The van der Waals surface area contributed by atoms with Gasteiger partial charge in [0.05, 0.1) is 12.3 Å². The van der Waals surface area contributed by atoms with E-state index in [4.69, 9.17) is 4.74 Å². The fourth-order valence-electron chi connectivity index (χ4n) is 3.08. The lowest BCUT2D eigenvalue weighted by molar-refractivity contribution is -0.120. The second-order valence-corrected chi connectivity index (χ2v) is 7.57. The summed E-state index contributed by atoms with van der Waals surface area (Å²) in [5.74, 6) is 0.0302. The van der Waals surface area contributed by atoms with Crippen molar-refractivity contribution in [3.05, 3.63) is 95.5 Å². The Balaban J connectivity index is 1.69. The molecule has 0 unspecified atom stereocenters. The first kappa shape index (κ1) is 19.8. The van der Waals surface area contributed by atoms with Gasteiger partial charge in [0.25, 0.3) is 11.8 Å². The van der Waals surface area contributed by atoms with Crippen LogP contribution >= 0.6 is 11.8 Å². The Hall–Kier alpha value is -3.51. The summed E-state index contributed by atoms with van der Waals surface area (Å²) in [6.45, 7) is 2.50. The zero-order chi connectivity index (χ0) is 20.9. The van der Waals surface area contributed by atoms with E-state index < -0.39 is 0 Å². The highest BCUT2D eigenvalue weighted by atomic mass is 32.2. The van der Waals surface area contributed by atoms with Crippen LogP contribution in [0.4, 0.5) is 11.4 Å². The third-order valence-electron chi connectivity index (χ3n) is 4.45. The number of amides is 2. The van der Waals surface area contributed by atoms with Gasteiger partial charge < -0.3 is 10.1 Å². The van der Waals surface area contributed by atoms with Crippen LogP contribution in [0.15, 0.2) is 100 Å². The first-order valence-corrected chi connectivity index (χ1v) is 10.4. The molecule has 0 aliphatic carbocycles. The molecule has 0 spiro atoms. The van der Waals surface area contributed by atoms with Gasteiger partial charge in [0, 0.05) is 10.6 Å². The van der Waals surface area contributed by atoms with E-state index >= 15 is 0 Å². The van der Waals surface area contributed by atoms with Crippen molar-refractivity contribution in [1.29, 1.82) is 0 Å². The Labute approximate surface area is 179 Å². The van der Waals surface area contributed by atoms with Crippen LogP contribution in [0, 0.1) is 0 Å². The SMILES string of the molecule is CCOc1ccc(NC2=C(Sc3ccccc3)C(=O)N(c3ccccc3)C2=O)cc1. The Bertz CT molecular complexity index is 1080. The van der Waals surface area contributed by atoms with E-state index in [0.717, 1.165) is 10.6 Å². The van der Waals surface area contributed by atoms with Crippen molar-refractivity contribution in [2.75, 3.05) is 16.8 Å². The lowest BCUT2D eigenvalue weighted by Gasteiger charge is -2.15. The molecule has 5 nitrogen and oxygen atoms in total. The zero-order valence-electron chi connectivity index (χ0n) is 16.4. The molecule has 1 heterocycles. The van der Waals surface area contributed by atoms with Crippen LogP contribution in [0.5, 0.6) is 5.75 Å². The third-order valence-corrected chi connectivity index (χ3v) is 5.54. The van der Waals surface area contributed by atoms with Crippen LogP contribution < -0.4 is 15.0 Å². The maximum atomic E-state index is 13.2. The maximum absolute atomic E-state index is 13.2. The van der Waals surface area contributed by atoms with E-state index in [1.807, 2.05) is 67.6 Å². The average Bonchev–Trinajstić information content (AvgIpc) is 3.00. The number of nitrogens with one attached hydrogen (secondary N) is 1. The first-order valence-electron chi connectivity index (χ1n) is 9.58. The average molecular weight is 417 g/mol. The van der Waals surface area contributed by atoms with Gasteiger partial charge in [-0.3, -0.25) is 9.59 Å². The Morgan fingerprint density at radius 1 is 0.833 bits per heavy atom. The van der Waals surface area contributed by atoms with E-state index in [1.54, 1.807) is 24.3 Å². The lowest BCUT2D eigenvalue weighted by Crippen LogP contribution is -2.32. The monoisotopic (exact) mass is 416 g/mol. The van der Waals surface area contributed by atoms with Crippen LogP contribution in [0.1, 0.15) is 6.92 Å². The summed E-state index contributed by atoms with van der Waals surface area (Å²) >= 11 is 1.28. The first-order chi connectivity index (χ1) is 14.7. The fourth-order valence-corrected chi connectivity index (χ4v) is 4.03. The molecular formula is C24H20N2O3S. The smallest absolute Gasteiger partial charge is 0.283 e. The Kier molecular flexibility index (Phi) is 5.86. The standard InChI is InChI=1S/C24H20N2O3S/c1-2-29-19-15-13-17(14-16-19)25-21-22(30-20-11-7-4-8-12-20)24(28)26(23(21)27)18-9-5-3-6-10-18/h3-16,25H,2H2,1H3. The molecule has 30 heavy (non-hydrogen) atoms. The summed E-state index contributed by atoms with van der Waals surface area (Å²) in [4.78, 5) is 28.9. The second-order valence-electron chi connectivity index (χ2n) is 6.48. The van der Waals surface area contributed by atoms with Crippen molar-refractivity contribution in [3.63, 3.8) is 0 Å². The van der Waals surface area contributed by atoms with Gasteiger partial charge in [-0.1, -0.05) is 48.2 Å². The number of hydrogen-bond acceptors (Lipinski definition) is 5. The zero-order valence-corrected chi connectivity index (χ0v) is 17.2. The number of anilines is 2. The molecule has 3 aromatic carbocycles. The Morgan fingerprint density at radius 2 is 1.47 bits per heavy atom. The van der Waals surface area contributed by atoms with Crippen LogP contribution in [0.3, 0.4) is 0 Å². The molecule has 0 atom stereocenters. The molecule has 1 N–H and O–H groups in total. The van der Waals surface area contributed by atoms with E-state index in [2.05, 4.69) is 5.32 Å². The van der Waals surface area contributed by atoms with Crippen molar-refractivity contribution in [3.8, 4) is 5.75 Å². The largest absolute Gasteiger partial charge is 0.494 e. The molecule has 2 amide bonds. The van der Waals surface area contributed by atoms with Gasteiger partial charge in [-0.05, 0) is 55.5 Å². The van der Waals surface area contributed by atoms with Gasteiger partial charge in [0.15, 0.2) is 0 Å². The Morgan fingerprint density at radius 3 is 2.10 bits per heavy atom. The topological polar surface area (TPSA) is 58.6 Å². The third kappa shape index (κ3) is 4.09. The highest BCUT2D eigenvalue weighted by Gasteiger charge is 2.40. The molecule has 6 heteroatoms. The van der Waals surface area contributed by atoms with Crippen LogP contribution in [0.2, 0.25) is 0 Å². The number of carbonyl (C=O) groups is 2. The van der Waals surface area contributed by atoms with Crippen molar-refractivity contribution >= 4 is 35.0 Å². The minimum absolute atomic E-state index is 0.266. The molecule has 1 aliphatic heterocycles.